The fraction of sp³-hybridized carbons (Fsp3) is 0.643. The standard InChI is InChI=1S/C14H23N3O2/c1-12-4-3-5-14(15-12)17-8-6-16(7-9-17)10-13(18)11-19-2/h3-5,13,18H,6-11H2,1-2H3. The Balaban J connectivity index is 1.82. The van der Waals surface area contributed by atoms with Gasteiger partial charge in [-0.05, 0) is 19.1 Å². The highest BCUT2D eigenvalue weighted by Crippen LogP contribution is 2.14. The SMILES string of the molecule is COCC(O)CN1CCN(c2cccc(C)n2)CC1. The van der Waals surface area contributed by atoms with Crippen molar-refractivity contribution in [2.75, 3.05) is 51.3 Å². The molecule has 106 valence electrons. The minimum Gasteiger partial charge on any atom is -0.389 e. The molecule has 0 saturated carbocycles. The third kappa shape index (κ3) is 4.16. The average molecular weight is 265 g/mol. The maximum atomic E-state index is 9.73. The van der Waals surface area contributed by atoms with E-state index in [4.69, 9.17) is 4.74 Å². The molecule has 1 aromatic rings. The number of anilines is 1. The molecule has 0 amide bonds. The number of methoxy groups -OCH3 is 1. The Morgan fingerprint density at radius 2 is 2.05 bits per heavy atom. The van der Waals surface area contributed by atoms with Gasteiger partial charge in [-0.3, -0.25) is 4.90 Å². The van der Waals surface area contributed by atoms with Crippen LogP contribution in [0.2, 0.25) is 0 Å². The molecule has 0 aliphatic carbocycles. The van der Waals surface area contributed by atoms with E-state index in [9.17, 15) is 5.11 Å². The smallest absolute Gasteiger partial charge is 0.128 e. The molecule has 1 N–H and O–H groups in total. The highest BCUT2D eigenvalue weighted by Gasteiger charge is 2.19. The summed E-state index contributed by atoms with van der Waals surface area (Å²) < 4.78 is 4.95. The molecular weight excluding hydrogens is 242 g/mol. The summed E-state index contributed by atoms with van der Waals surface area (Å²) in [6.45, 7) is 6.92. The summed E-state index contributed by atoms with van der Waals surface area (Å²) in [6.07, 6.45) is -0.395. The van der Waals surface area contributed by atoms with Gasteiger partial charge >= 0.3 is 0 Å². The lowest BCUT2D eigenvalue weighted by Gasteiger charge is -2.36. The zero-order valence-corrected chi connectivity index (χ0v) is 11.7. The lowest BCUT2D eigenvalue weighted by molar-refractivity contribution is 0.0365. The predicted molar refractivity (Wildman–Crippen MR) is 75.5 cm³/mol. The van der Waals surface area contributed by atoms with Crippen molar-refractivity contribution in [1.82, 2.24) is 9.88 Å². The van der Waals surface area contributed by atoms with Crippen molar-refractivity contribution in [3.8, 4) is 0 Å². The summed E-state index contributed by atoms with van der Waals surface area (Å²) >= 11 is 0. The van der Waals surface area contributed by atoms with Crippen LogP contribution in [0.15, 0.2) is 18.2 Å². The molecule has 1 aliphatic rings. The van der Waals surface area contributed by atoms with E-state index in [-0.39, 0.29) is 0 Å². The number of aliphatic hydroxyl groups is 1. The zero-order chi connectivity index (χ0) is 13.7. The summed E-state index contributed by atoms with van der Waals surface area (Å²) in [4.78, 5) is 9.12. The summed E-state index contributed by atoms with van der Waals surface area (Å²) in [5.41, 5.74) is 1.05. The van der Waals surface area contributed by atoms with Gasteiger partial charge in [-0.2, -0.15) is 0 Å². The molecule has 19 heavy (non-hydrogen) atoms. The van der Waals surface area contributed by atoms with Gasteiger partial charge in [0.15, 0.2) is 0 Å². The maximum Gasteiger partial charge on any atom is 0.128 e. The first-order valence-electron chi connectivity index (χ1n) is 6.77. The van der Waals surface area contributed by atoms with Crippen LogP contribution in [-0.4, -0.2) is 67.5 Å². The fourth-order valence-corrected chi connectivity index (χ4v) is 2.41. The molecule has 2 rings (SSSR count). The van der Waals surface area contributed by atoms with Gasteiger partial charge in [0.1, 0.15) is 5.82 Å². The molecule has 5 heteroatoms. The Hall–Kier alpha value is -1.17. The Morgan fingerprint density at radius 1 is 1.32 bits per heavy atom. The first-order chi connectivity index (χ1) is 9.19. The molecule has 1 aliphatic heterocycles. The molecular formula is C14H23N3O2. The number of ether oxygens (including phenoxy) is 1. The number of nitrogens with zero attached hydrogens (tertiary/aromatic N) is 3. The van der Waals surface area contributed by atoms with E-state index >= 15 is 0 Å². The van der Waals surface area contributed by atoms with Gasteiger partial charge in [0.2, 0.25) is 0 Å². The summed E-state index contributed by atoms with van der Waals surface area (Å²) in [5.74, 6) is 1.05. The van der Waals surface area contributed by atoms with Crippen LogP contribution in [0.3, 0.4) is 0 Å². The van der Waals surface area contributed by atoms with Crippen molar-refractivity contribution in [2.24, 2.45) is 0 Å². The van der Waals surface area contributed by atoms with Gasteiger partial charge in [-0.25, -0.2) is 4.98 Å². The lowest BCUT2D eigenvalue weighted by atomic mass is 10.2. The summed E-state index contributed by atoms with van der Waals surface area (Å²) in [6, 6.07) is 6.12. The van der Waals surface area contributed by atoms with Gasteiger partial charge in [0.05, 0.1) is 12.7 Å². The molecule has 0 bridgehead atoms. The van der Waals surface area contributed by atoms with E-state index in [1.807, 2.05) is 19.1 Å². The van der Waals surface area contributed by atoms with Gasteiger partial charge in [-0.1, -0.05) is 6.07 Å². The molecule has 1 saturated heterocycles. The van der Waals surface area contributed by atoms with Crippen LogP contribution in [0, 0.1) is 6.92 Å². The number of piperazine rings is 1. The monoisotopic (exact) mass is 265 g/mol. The van der Waals surface area contributed by atoms with Crippen LogP contribution < -0.4 is 4.90 Å². The normalized spacial score (nSPS) is 18.6. The van der Waals surface area contributed by atoms with E-state index in [0.717, 1.165) is 37.7 Å². The fourth-order valence-electron chi connectivity index (χ4n) is 2.41. The van der Waals surface area contributed by atoms with E-state index in [1.54, 1.807) is 7.11 Å². The van der Waals surface area contributed by atoms with Crippen molar-refractivity contribution in [1.29, 1.82) is 0 Å². The number of β-amino-alcohol motifs (C(OH)–C–C–N with tert-alkyl or cyclic N) is 1. The van der Waals surface area contributed by atoms with Crippen molar-refractivity contribution in [3.63, 3.8) is 0 Å². The second-order valence-corrected chi connectivity index (χ2v) is 5.03. The van der Waals surface area contributed by atoms with Crippen LogP contribution >= 0.6 is 0 Å². The molecule has 0 spiro atoms. The molecule has 1 aromatic heterocycles. The van der Waals surface area contributed by atoms with Crippen molar-refractivity contribution >= 4 is 5.82 Å². The number of pyridine rings is 1. The minimum absolute atomic E-state index is 0.395. The summed E-state index contributed by atoms with van der Waals surface area (Å²) in [5, 5.41) is 9.73. The number of hydrogen-bond donors (Lipinski definition) is 1. The summed E-state index contributed by atoms with van der Waals surface area (Å²) in [7, 11) is 1.62. The Kier molecular flexibility index (Phi) is 5.13. The largest absolute Gasteiger partial charge is 0.389 e. The highest BCUT2D eigenvalue weighted by atomic mass is 16.5. The first kappa shape index (κ1) is 14.2. The highest BCUT2D eigenvalue weighted by molar-refractivity contribution is 5.39. The third-order valence-corrected chi connectivity index (χ3v) is 3.40. The second kappa shape index (κ2) is 6.84. The Bertz CT molecular complexity index is 392. The lowest BCUT2D eigenvalue weighted by Crippen LogP contribution is -2.49. The number of aromatic nitrogens is 1. The van der Waals surface area contributed by atoms with Crippen molar-refractivity contribution in [3.05, 3.63) is 23.9 Å². The van der Waals surface area contributed by atoms with Crippen LogP contribution in [0.5, 0.6) is 0 Å². The van der Waals surface area contributed by atoms with Gasteiger partial charge in [0.25, 0.3) is 0 Å². The molecule has 1 atom stereocenters. The van der Waals surface area contributed by atoms with E-state index in [1.165, 1.54) is 0 Å². The van der Waals surface area contributed by atoms with Crippen molar-refractivity contribution < 1.29 is 9.84 Å². The second-order valence-electron chi connectivity index (χ2n) is 5.03. The Morgan fingerprint density at radius 3 is 2.68 bits per heavy atom. The van der Waals surface area contributed by atoms with E-state index < -0.39 is 6.10 Å². The first-order valence-corrected chi connectivity index (χ1v) is 6.77. The van der Waals surface area contributed by atoms with Crippen LogP contribution in [0.4, 0.5) is 5.82 Å². The molecule has 1 fully saturated rings. The molecule has 2 heterocycles. The molecule has 1 unspecified atom stereocenters. The molecule has 5 nitrogen and oxygen atoms in total. The number of aliphatic hydroxyl groups excluding tert-OH is 1. The predicted octanol–water partition coefficient (Wildman–Crippen LogP) is 0.519. The van der Waals surface area contributed by atoms with Crippen LogP contribution in [0.25, 0.3) is 0 Å². The number of aryl methyl sites for hydroxylation is 1. The van der Waals surface area contributed by atoms with Crippen molar-refractivity contribution in [2.45, 2.75) is 13.0 Å². The van der Waals surface area contributed by atoms with E-state index in [2.05, 4.69) is 20.9 Å². The number of rotatable bonds is 5. The molecule has 0 aromatic carbocycles. The topological polar surface area (TPSA) is 48.8 Å². The third-order valence-electron chi connectivity index (χ3n) is 3.40. The van der Waals surface area contributed by atoms with Crippen LogP contribution in [0.1, 0.15) is 5.69 Å². The maximum absolute atomic E-state index is 9.73. The quantitative estimate of drug-likeness (QED) is 0.841. The van der Waals surface area contributed by atoms with Gasteiger partial charge in [-0.15, -0.1) is 0 Å². The minimum atomic E-state index is -0.395. The molecule has 0 radical (unpaired) electrons. The average Bonchev–Trinajstić information content (AvgIpc) is 2.40. The van der Waals surface area contributed by atoms with Gasteiger partial charge < -0.3 is 14.7 Å². The van der Waals surface area contributed by atoms with E-state index in [0.29, 0.717) is 13.2 Å². The van der Waals surface area contributed by atoms with Crippen LogP contribution in [-0.2, 0) is 4.74 Å². The van der Waals surface area contributed by atoms with Gasteiger partial charge in [0, 0.05) is 45.5 Å². The number of hydrogen-bond acceptors (Lipinski definition) is 5. The Labute approximate surface area is 114 Å². The zero-order valence-electron chi connectivity index (χ0n) is 11.7.